The van der Waals surface area contributed by atoms with Crippen LogP contribution in [0, 0.1) is 5.92 Å². The molecule has 0 aromatic carbocycles. The predicted octanol–water partition coefficient (Wildman–Crippen LogP) is 0.650. The third kappa shape index (κ3) is 2.99. The summed E-state index contributed by atoms with van der Waals surface area (Å²) in [6.07, 6.45) is -0.255. The molecule has 2 heteroatoms. The Hall–Kier alpha value is -0.0800. The molecule has 2 unspecified atom stereocenters. The van der Waals surface area contributed by atoms with E-state index in [-0.39, 0.29) is 12.0 Å². The van der Waals surface area contributed by atoms with E-state index in [1.165, 1.54) is 0 Å². The van der Waals surface area contributed by atoms with Crippen molar-refractivity contribution in [3.8, 4) is 0 Å². The highest BCUT2D eigenvalue weighted by Gasteiger charge is 2.06. The van der Waals surface area contributed by atoms with Crippen LogP contribution in [-0.2, 0) is 4.74 Å². The van der Waals surface area contributed by atoms with Crippen LogP contribution in [-0.4, -0.2) is 24.9 Å². The Bertz CT molecular complexity index is 52.5. The maximum atomic E-state index is 8.87. The fraction of sp³-hybridized carbons (Fsp3) is 1.00. The van der Waals surface area contributed by atoms with Gasteiger partial charge in [0.25, 0.3) is 0 Å². The first-order valence-electron chi connectivity index (χ1n) is 2.85. The van der Waals surface area contributed by atoms with E-state index < -0.39 is 0 Å². The van der Waals surface area contributed by atoms with Crippen LogP contribution in [0.4, 0.5) is 0 Å². The summed E-state index contributed by atoms with van der Waals surface area (Å²) in [7, 11) is 1.64. The lowest BCUT2D eigenvalue weighted by molar-refractivity contribution is 0.0684. The van der Waals surface area contributed by atoms with E-state index in [0.717, 1.165) is 0 Å². The minimum atomic E-state index is -0.255. The van der Waals surface area contributed by atoms with Crippen molar-refractivity contribution in [2.24, 2.45) is 5.92 Å². The first-order valence-corrected chi connectivity index (χ1v) is 2.85. The number of ether oxygens (including phenoxy) is 1. The van der Waals surface area contributed by atoms with Crippen LogP contribution in [0.15, 0.2) is 0 Å². The largest absolute Gasteiger partial charge is 0.393 e. The van der Waals surface area contributed by atoms with Gasteiger partial charge in [-0.15, -0.1) is 0 Å². The quantitative estimate of drug-likeness (QED) is 0.589. The number of rotatable bonds is 3. The minimum Gasteiger partial charge on any atom is -0.393 e. The van der Waals surface area contributed by atoms with Gasteiger partial charge >= 0.3 is 0 Å². The SMILES string of the molecule is COCC(C)C(C)O. The van der Waals surface area contributed by atoms with Crippen molar-refractivity contribution in [3.05, 3.63) is 0 Å². The lowest BCUT2D eigenvalue weighted by Crippen LogP contribution is -2.17. The third-order valence-corrected chi connectivity index (χ3v) is 1.25. The monoisotopic (exact) mass is 118 g/mol. The van der Waals surface area contributed by atoms with Gasteiger partial charge in [0, 0.05) is 13.0 Å². The molecule has 0 aromatic heterocycles. The van der Waals surface area contributed by atoms with E-state index in [2.05, 4.69) is 0 Å². The topological polar surface area (TPSA) is 29.5 Å². The van der Waals surface area contributed by atoms with Crippen molar-refractivity contribution in [2.45, 2.75) is 20.0 Å². The van der Waals surface area contributed by atoms with Crippen molar-refractivity contribution in [2.75, 3.05) is 13.7 Å². The smallest absolute Gasteiger partial charge is 0.0559 e. The van der Waals surface area contributed by atoms with Crippen molar-refractivity contribution in [1.29, 1.82) is 0 Å². The first kappa shape index (κ1) is 7.92. The highest BCUT2D eigenvalue weighted by Crippen LogP contribution is 2.00. The van der Waals surface area contributed by atoms with Crippen molar-refractivity contribution < 1.29 is 9.84 Å². The summed E-state index contributed by atoms with van der Waals surface area (Å²) in [4.78, 5) is 0. The van der Waals surface area contributed by atoms with Crippen molar-refractivity contribution >= 4 is 0 Å². The summed E-state index contributed by atoms with van der Waals surface area (Å²) >= 11 is 0. The van der Waals surface area contributed by atoms with E-state index in [0.29, 0.717) is 6.61 Å². The molecular formula is C6H14O2. The molecule has 0 spiro atoms. The van der Waals surface area contributed by atoms with Crippen LogP contribution in [0.3, 0.4) is 0 Å². The highest BCUT2D eigenvalue weighted by molar-refractivity contribution is 4.55. The highest BCUT2D eigenvalue weighted by atomic mass is 16.5. The van der Waals surface area contributed by atoms with Gasteiger partial charge in [-0.2, -0.15) is 0 Å². The number of hydrogen-bond acceptors (Lipinski definition) is 2. The maximum Gasteiger partial charge on any atom is 0.0559 e. The second-order valence-corrected chi connectivity index (χ2v) is 2.17. The number of aliphatic hydroxyl groups excluding tert-OH is 1. The normalized spacial score (nSPS) is 18.0. The summed E-state index contributed by atoms with van der Waals surface area (Å²) in [5, 5.41) is 8.87. The van der Waals surface area contributed by atoms with Crippen LogP contribution < -0.4 is 0 Å². The molecule has 0 aromatic rings. The van der Waals surface area contributed by atoms with E-state index in [9.17, 15) is 0 Å². The minimum absolute atomic E-state index is 0.250. The summed E-state index contributed by atoms with van der Waals surface area (Å²) in [5.74, 6) is 0.250. The second kappa shape index (κ2) is 3.87. The lowest BCUT2D eigenvalue weighted by atomic mass is 10.1. The Balaban J connectivity index is 3.17. The van der Waals surface area contributed by atoms with Crippen LogP contribution in [0.2, 0.25) is 0 Å². The molecule has 2 nitrogen and oxygen atoms in total. The second-order valence-electron chi connectivity index (χ2n) is 2.17. The van der Waals surface area contributed by atoms with E-state index in [1.54, 1.807) is 14.0 Å². The van der Waals surface area contributed by atoms with Gasteiger partial charge in [-0.25, -0.2) is 0 Å². The summed E-state index contributed by atoms with van der Waals surface area (Å²) < 4.78 is 4.80. The van der Waals surface area contributed by atoms with Crippen LogP contribution >= 0.6 is 0 Å². The molecule has 0 saturated carbocycles. The van der Waals surface area contributed by atoms with Gasteiger partial charge in [0.1, 0.15) is 0 Å². The molecule has 50 valence electrons. The molecule has 0 radical (unpaired) electrons. The average Bonchev–Trinajstić information content (AvgIpc) is 1.67. The lowest BCUT2D eigenvalue weighted by Gasteiger charge is -2.11. The first-order chi connectivity index (χ1) is 3.68. The molecule has 0 saturated heterocycles. The molecule has 1 N–H and O–H groups in total. The molecule has 0 amide bonds. The van der Waals surface area contributed by atoms with Gasteiger partial charge in [-0.3, -0.25) is 0 Å². The molecule has 2 atom stereocenters. The Morgan fingerprint density at radius 2 is 2.00 bits per heavy atom. The molecule has 0 bridgehead atoms. The predicted molar refractivity (Wildman–Crippen MR) is 32.7 cm³/mol. The molecular weight excluding hydrogens is 104 g/mol. The molecule has 0 fully saturated rings. The number of hydrogen-bond donors (Lipinski definition) is 1. The van der Waals surface area contributed by atoms with Crippen LogP contribution in [0.25, 0.3) is 0 Å². The van der Waals surface area contributed by atoms with Crippen molar-refractivity contribution in [1.82, 2.24) is 0 Å². The van der Waals surface area contributed by atoms with Gasteiger partial charge in [-0.1, -0.05) is 6.92 Å². The average molecular weight is 118 g/mol. The molecule has 0 aliphatic rings. The third-order valence-electron chi connectivity index (χ3n) is 1.25. The van der Waals surface area contributed by atoms with Gasteiger partial charge in [0.2, 0.25) is 0 Å². The Labute approximate surface area is 50.5 Å². The van der Waals surface area contributed by atoms with Crippen molar-refractivity contribution in [3.63, 3.8) is 0 Å². The molecule has 0 heterocycles. The van der Waals surface area contributed by atoms with Gasteiger partial charge < -0.3 is 9.84 Å². The van der Waals surface area contributed by atoms with Gasteiger partial charge in [-0.05, 0) is 6.92 Å². The molecule has 8 heavy (non-hydrogen) atoms. The van der Waals surface area contributed by atoms with Gasteiger partial charge in [0.15, 0.2) is 0 Å². The number of methoxy groups -OCH3 is 1. The maximum absolute atomic E-state index is 8.87. The molecule has 0 aliphatic heterocycles. The zero-order valence-corrected chi connectivity index (χ0v) is 5.72. The molecule has 0 rings (SSSR count). The zero-order chi connectivity index (χ0) is 6.57. The Morgan fingerprint density at radius 1 is 1.50 bits per heavy atom. The zero-order valence-electron chi connectivity index (χ0n) is 5.72. The van der Waals surface area contributed by atoms with Gasteiger partial charge in [0.05, 0.1) is 12.7 Å². The standard InChI is InChI=1S/C6H14O2/c1-5(4-8-3)6(2)7/h5-7H,4H2,1-3H3. The number of aliphatic hydroxyl groups is 1. The van der Waals surface area contributed by atoms with E-state index in [1.807, 2.05) is 6.92 Å². The van der Waals surface area contributed by atoms with E-state index >= 15 is 0 Å². The Morgan fingerprint density at radius 3 is 2.12 bits per heavy atom. The summed E-state index contributed by atoms with van der Waals surface area (Å²) in [5.41, 5.74) is 0. The Kier molecular flexibility index (Phi) is 3.83. The van der Waals surface area contributed by atoms with Crippen LogP contribution in [0.1, 0.15) is 13.8 Å². The summed E-state index contributed by atoms with van der Waals surface area (Å²) in [6.45, 7) is 4.36. The van der Waals surface area contributed by atoms with Crippen LogP contribution in [0.5, 0.6) is 0 Å². The molecule has 0 aliphatic carbocycles. The summed E-state index contributed by atoms with van der Waals surface area (Å²) in [6, 6.07) is 0. The fourth-order valence-corrected chi connectivity index (χ4v) is 0.402. The fourth-order valence-electron chi connectivity index (χ4n) is 0.402. The van der Waals surface area contributed by atoms with E-state index in [4.69, 9.17) is 9.84 Å².